The van der Waals surface area contributed by atoms with Crippen molar-refractivity contribution < 1.29 is 9.59 Å². The van der Waals surface area contributed by atoms with Crippen LogP contribution in [0.1, 0.15) is 20.3 Å². The topological polar surface area (TPSA) is 34.1 Å². The molecule has 0 bridgehead atoms. The Balaban J connectivity index is 4.26. The van der Waals surface area contributed by atoms with Crippen LogP contribution < -0.4 is 0 Å². The molecule has 0 aromatic heterocycles. The smallest absolute Gasteiger partial charge is 0.171 e. The Morgan fingerprint density at radius 1 is 1.54 bits per heavy atom. The molecule has 0 aromatic carbocycles. The maximum atomic E-state index is 11.3. The highest BCUT2D eigenvalue weighted by molar-refractivity contribution is 14.1. The van der Waals surface area contributed by atoms with E-state index in [2.05, 4.69) is 0 Å². The minimum absolute atomic E-state index is 0.0312. The Kier molecular flexibility index (Phi) is 6.76. The molecule has 0 saturated carbocycles. The van der Waals surface area contributed by atoms with Crippen LogP contribution in [0.4, 0.5) is 0 Å². The van der Waals surface area contributed by atoms with Gasteiger partial charge in [0.2, 0.25) is 0 Å². The van der Waals surface area contributed by atoms with Crippen molar-refractivity contribution in [3.63, 3.8) is 0 Å². The largest absolute Gasteiger partial charge is 0.298 e. The normalized spacial score (nSPS) is 14.5. The van der Waals surface area contributed by atoms with Crippen molar-refractivity contribution in [2.45, 2.75) is 24.2 Å². The molecule has 72 valence electrons. The molecule has 0 spiro atoms. The lowest BCUT2D eigenvalue weighted by Gasteiger charge is -1.98. The van der Waals surface area contributed by atoms with Crippen molar-refractivity contribution in [1.29, 1.82) is 0 Å². The Morgan fingerprint density at radius 2 is 2.15 bits per heavy atom. The third-order valence-electron chi connectivity index (χ3n) is 1.38. The molecule has 13 heavy (non-hydrogen) atoms. The maximum absolute atomic E-state index is 11.3. The number of allylic oxidation sites excluding steroid dienone is 4. The Morgan fingerprint density at radius 3 is 2.62 bits per heavy atom. The quantitative estimate of drug-likeness (QED) is 0.337. The summed E-state index contributed by atoms with van der Waals surface area (Å²) in [5, 5.41) is 0. The van der Waals surface area contributed by atoms with Crippen molar-refractivity contribution in [2.75, 3.05) is 0 Å². The molecule has 1 atom stereocenters. The van der Waals surface area contributed by atoms with Crippen LogP contribution in [0.15, 0.2) is 23.8 Å². The molecule has 0 N–H and O–H groups in total. The van der Waals surface area contributed by atoms with E-state index in [0.29, 0.717) is 5.57 Å². The number of aldehydes is 1. The van der Waals surface area contributed by atoms with Gasteiger partial charge in [0.05, 0.1) is 3.92 Å². The molecule has 0 fully saturated rings. The SMILES string of the molecule is CC/C=C/C(=O)C(I)/C=C(\C)C=O. The van der Waals surface area contributed by atoms with Crippen molar-refractivity contribution in [3.05, 3.63) is 23.8 Å². The fourth-order valence-electron chi connectivity index (χ4n) is 0.678. The number of carbonyl (C=O) groups is 2. The number of rotatable bonds is 5. The van der Waals surface area contributed by atoms with Crippen LogP contribution in [0.3, 0.4) is 0 Å². The summed E-state index contributed by atoms with van der Waals surface area (Å²) in [6.07, 6.45) is 6.65. The van der Waals surface area contributed by atoms with E-state index in [1.807, 2.05) is 35.6 Å². The number of hydrogen-bond acceptors (Lipinski definition) is 2. The first-order valence-electron chi connectivity index (χ1n) is 4.09. The van der Waals surface area contributed by atoms with Gasteiger partial charge in [0, 0.05) is 0 Å². The fourth-order valence-corrected chi connectivity index (χ4v) is 1.45. The van der Waals surface area contributed by atoms with Gasteiger partial charge in [-0.1, -0.05) is 41.7 Å². The number of halogens is 1. The summed E-state index contributed by atoms with van der Waals surface area (Å²) in [6.45, 7) is 3.66. The van der Waals surface area contributed by atoms with E-state index in [9.17, 15) is 9.59 Å². The third kappa shape index (κ3) is 5.74. The molecule has 0 radical (unpaired) electrons. The van der Waals surface area contributed by atoms with E-state index < -0.39 is 0 Å². The van der Waals surface area contributed by atoms with E-state index in [1.54, 1.807) is 19.1 Å². The molecule has 0 rings (SSSR count). The molecule has 0 saturated heterocycles. The number of carbonyl (C=O) groups excluding carboxylic acids is 2. The lowest BCUT2D eigenvalue weighted by molar-refractivity contribution is -0.113. The second-order valence-corrected chi connectivity index (χ2v) is 3.99. The first-order chi connectivity index (χ1) is 6.11. The van der Waals surface area contributed by atoms with E-state index in [4.69, 9.17) is 0 Å². The van der Waals surface area contributed by atoms with Crippen LogP contribution in [0.25, 0.3) is 0 Å². The zero-order valence-corrected chi connectivity index (χ0v) is 9.95. The van der Waals surface area contributed by atoms with Gasteiger partial charge >= 0.3 is 0 Å². The van der Waals surface area contributed by atoms with E-state index in [-0.39, 0.29) is 9.71 Å². The first-order valence-corrected chi connectivity index (χ1v) is 5.34. The molecule has 0 aliphatic carbocycles. The molecule has 1 unspecified atom stereocenters. The lowest BCUT2D eigenvalue weighted by Crippen LogP contribution is -2.08. The highest BCUT2D eigenvalue weighted by Gasteiger charge is 2.07. The average Bonchev–Trinajstić information content (AvgIpc) is 2.13. The Bertz CT molecular complexity index is 241. The highest BCUT2D eigenvalue weighted by Crippen LogP contribution is 2.07. The van der Waals surface area contributed by atoms with Gasteiger partial charge < -0.3 is 0 Å². The van der Waals surface area contributed by atoms with Crippen LogP contribution in [-0.2, 0) is 9.59 Å². The predicted octanol–water partition coefficient (Wildman–Crippen LogP) is 2.47. The summed E-state index contributed by atoms with van der Waals surface area (Å²) in [4.78, 5) is 21.6. The summed E-state index contributed by atoms with van der Waals surface area (Å²) < 4.78 is -0.231. The van der Waals surface area contributed by atoms with E-state index in [0.717, 1.165) is 12.7 Å². The highest BCUT2D eigenvalue weighted by atomic mass is 127. The van der Waals surface area contributed by atoms with E-state index >= 15 is 0 Å². The summed E-state index contributed by atoms with van der Waals surface area (Å²) in [6, 6.07) is 0. The lowest BCUT2D eigenvalue weighted by atomic mass is 10.2. The van der Waals surface area contributed by atoms with Crippen LogP contribution >= 0.6 is 22.6 Å². The number of ketones is 1. The Hall–Kier alpha value is -0.450. The minimum atomic E-state index is -0.231. The Labute approximate surface area is 92.2 Å². The molecule has 0 amide bonds. The molecular weight excluding hydrogens is 279 g/mol. The minimum Gasteiger partial charge on any atom is -0.298 e. The van der Waals surface area contributed by atoms with Crippen LogP contribution in [0, 0.1) is 0 Å². The summed E-state index contributed by atoms with van der Waals surface area (Å²) >= 11 is 2.01. The summed E-state index contributed by atoms with van der Waals surface area (Å²) in [7, 11) is 0. The van der Waals surface area contributed by atoms with Gasteiger partial charge in [0.1, 0.15) is 6.29 Å². The zero-order valence-electron chi connectivity index (χ0n) is 7.79. The molecule has 0 aliphatic heterocycles. The number of hydrogen-bond donors (Lipinski definition) is 0. The van der Waals surface area contributed by atoms with Crippen molar-refractivity contribution in [3.8, 4) is 0 Å². The average molecular weight is 292 g/mol. The molecule has 2 nitrogen and oxygen atoms in total. The van der Waals surface area contributed by atoms with Crippen LogP contribution in [0.5, 0.6) is 0 Å². The van der Waals surface area contributed by atoms with Crippen molar-refractivity contribution in [1.82, 2.24) is 0 Å². The van der Waals surface area contributed by atoms with Crippen LogP contribution in [-0.4, -0.2) is 16.0 Å². The molecule has 0 aliphatic rings. The van der Waals surface area contributed by atoms with Gasteiger partial charge in [0.15, 0.2) is 5.78 Å². The first kappa shape index (κ1) is 12.6. The molecular formula is C10H13IO2. The van der Waals surface area contributed by atoms with Gasteiger partial charge in [-0.15, -0.1) is 0 Å². The van der Waals surface area contributed by atoms with Gasteiger partial charge in [-0.3, -0.25) is 9.59 Å². The fraction of sp³-hybridized carbons (Fsp3) is 0.400. The van der Waals surface area contributed by atoms with Crippen molar-refractivity contribution in [2.24, 2.45) is 0 Å². The zero-order chi connectivity index (χ0) is 10.3. The second kappa shape index (κ2) is 7.00. The van der Waals surface area contributed by atoms with E-state index in [1.165, 1.54) is 0 Å². The second-order valence-electron chi connectivity index (χ2n) is 2.64. The maximum Gasteiger partial charge on any atom is 0.171 e. The molecule has 0 aromatic rings. The standard InChI is InChI=1S/C10H13IO2/c1-3-4-5-10(13)9(11)6-8(2)7-12/h4-7,9H,3H2,1-2H3/b5-4+,8-6+. The monoisotopic (exact) mass is 292 g/mol. The molecule has 3 heteroatoms. The summed E-state index contributed by atoms with van der Waals surface area (Å²) in [5.74, 6) is 0.0312. The molecule has 0 heterocycles. The van der Waals surface area contributed by atoms with Gasteiger partial charge in [0.25, 0.3) is 0 Å². The van der Waals surface area contributed by atoms with Gasteiger partial charge in [-0.2, -0.15) is 0 Å². The number of alkyl halides is 1. The van der Waals surface area contributed by atoms with Crippen molar-refractivity contribution >= 4 is 34.7 Å². The van der Waals surface area contributed by atoms with Gasteiger partial charge in [-0.05, 0) is 25.0 Å². The van der Waals surface area contributed by atoms with Gasteiger partial charge in [-0.25, -0.2) is 0 Å². The van der Waals surface area contributed by atoms with Crippen LogP contribution in [0.2, 0.25) is 0 Å². The predicted molar refractivity (Wildman–Crippen MR) is 62.1 cm³/mol. The third-order valence-corrected chi connectivity index (χ3v) is 2.36. The summed E-state index contributed by atoms with van der Waals surface area (Å²) in [5.41, 5.74) is 0.595.